The molecule has 0 unspecified atom stereocenters. The van der Waals surface area contributed by atoms with Gasteiger partial charge in [-0.05, 0) is 12.8 Å². The first-order valence-electron chi connectivity index (χ1n) is 7.27. The van der Waals surface area contributed by atoms with Crippen LogP contribution in [0.4, 0.5) is 0 Å². The first-order valence-corrected chi connectivity index (χ1v) is 7.27. The van der Waals surface area contributed by atoms with Crippen molar-refractivity contribution in [2.75, 3.05) is 13.1 Å². The van der Waals surface area contributed by atoms with Crippen LogP contribution in [0, 0.1) is 0 Å². The number of nitrogens with two attached hydrogens (primary N) is 1. The number of carboxylic acid groups (broad SMARTS) is 1. The highest BCUT2D eigenvalue weighted by atomic mass is 16.4. The quantitative estimate of drug-likeness (QED) is 0.826. The van der Waals surface area contributed by atoms with E-state index in [0.717, 1.165) is 18.7 Å². The van der Waals surface area contributed by atoms with Crippen LogP contribution in [0.1, 0.15) is 29.6 Å². The Labute approximate surface area is 129 Å². The van der Waals surface area contributed by atoms with Crippen molar-refractivity contribution in [2.45, 2.75) is 19.3 Å². The van der Waals surface area contributed by atoms with E-state index in [1.54, 1.807) is 0 Å². The fourth-order valence-electron chi connectivity index (χ4n) is 2.09. The van der Waals surface area contributed by atoms with Crippen molar-refractivity contribution >= 4 is 5.97 Å². The molecule has 0 spiro atoms. The average molecular weight is 300 g/mol. The summed E-state index contributed by atoms with van der Waals surface area (Å²) in [5.41, 5.74) is 0.962. The van der Waals surface area contributed by atoms with Gasteiger partial charge in [0.2, 0.25) is 0 Å². The number of hydrogen-bond acceptors (Lipinski definition) is 5. The Bertz CT molecular complexity index is 581. The van der Waals surface area contributed by atoms with E-state index in [2.05, 4.69) is 9.97 Å². The smallest absolute Gasteiger partial charge is 0.338 e. The molecule has 1 aliphatic rings. The van der Waals surface area contributed by atoms with Crippen molar-refractivity contribution in [3.8, 4) is 11.4 Å². The van der Waals surface area contributed by atoms with Crippen LogP contribution in [0.15, 0.2) is 42.7 Å². The van der Waals surface area contributed by atoms with Gasteiger partial charge in [0.25, 0.3) is 0 Å². The molecular weight excluding hydrogens is 280 g/mol. The fourth-order valence-corrected chi connectivity index (χ4v) is 2.09. The zero-order valence-electron chi connectivity index (χ0n) is 12.4. The Balaban J connectivity index is 0.000000211. The van der Waals surface area contributed by atoms with Crippen LogP contribution in [0.25, 0.3) is 11.4 Å². The summed E-state index contributed by atoms with van der Waals surface area (Å²) in [4.78, 5) is 18.5. The summed E-state index contributed by atoms with van der Waals surface area (Å²) < 4.78 is 0. The molecule has 22 heavy (non-hydrogen) atoms. The van der Waals surface area contributed by atoms with Crippen LogP contribution >= 0.6 is 0 Å². The molecule has 0 saturated carbocycles. The monoisotopic (exact) mass is 300 g/mol. The molecule has 6 heteroatoms. The number of nitrogens with zero attached hydrogens (tertiary/aromatic N) is 3. The second kappa shape index (κ2) is 8.21. The van der Waals surface area contributed by atoms with Crippen molar-refractivity contribution < 1.29 is 9.90 Å². The maximum Gasteiger partial charge on any atom is 0.338 e. The van der Waals surface area contributed by atoms with Crippen molar-refractivity contribution in [3.63, 3.8) is 0 Å². The Hall–Kier alpha value is -2.31. The minimum Gasteiger partial charge on any atom is -0.478 e. The van der Waals surface area contributed by atoms with E-state index in [1.807, 2.05) is 35.3 Å². The first-order chi connectivity index (χ1) is 10.7. The summed E-state index contributed by atoms with van der Waals surface area (Å²) in [7, 11) is 0. The summed E-state index contributed by atoms with van der Waals surface area (Å²) in [6, 6.07) is 9.40. The Morgan fingerprint density at radius 2 is 1.64 bits per heavy atom. The van der Waals surface area contributed by atoms with Crippen LogP contribution in [0.5, 0.6) is 0 Å². The number of carboxylic acids is 1. The summed E-state index contributed by atoms with van der Waals surface area (Å²) in [6.07, 6.45) is 6.55. The molecule has 0 radical (unpaired) electrons. The lowest BCUT2D eigenvalue weighted by Gasteiger charge is -2.20. The second-order valence-corrected chi connectivity index (χ2v) is 5.06. The number of benzene rings is 1. The van der Waals surface area contributed by atoms with Crippen LogP contribution in [-0.4, -0.2) is 39.1 Å². The zero-order valence-corrected chi connectivity index (χ0v) is 12.4. The van der Waals surface area contributed by atoms with E-state index in [1.165, 1.54) is 31.7 Å². The van der Waals surface area contributed by atoms with Crippen LogP contribution in [-0.2, 0) is 0 Å². The highest BCUT2D eigenvalue weighted by Crippen LogP contribution is 2.12. The van der Waals surface area contributed by atoms with Gasteiger partial charge in [0.15, 0.2) is 5.82 Å². The molecule has 0 amide bonds. The van der Waals surface area contributed by atoms with Gasteiger partial charge in [0, 0.05) is 31.0 Å². The number of aromatic nitrogens is 2. The largest absolute Gasteiger partial charge is 0.478 e. The fraction of sp³-hybridized carbons (Fsp3) is 0.312. The van der Waals surface area contributed by atoms with Gasteiger partial charge in [-0.25, -0.2) is 19.8 Å². The normalized spacial score (nSPS) is 14.8. The van der Waals surface area contributed by atoms with Gasteiger partial charge >= 0.3 is 5.97 Å². The third kappa shape index (κ3) is 4.91. The number of rotatable bonds is 2. The summed E-state index contributed by atoms with van der Waals surface area (Å²) >= 11 is 0. The summed E-state index contributed by atoms with van der Waals surface area (Å²) in [5.74, 6) is 4.98. The summed E-state index contributed by atoms with van der Waals surface area (Å²) in [5, 5.41) is 10.6. The van der Waals surface area contributed by atoms with Crippen molar-refractivity contribution in [1.82, 2.24) is 15.0 Å². The predicted molar refractivity (Wildman–Crippen MR) is 84.0 cm³/mol. The predicted octanol–water partition coefficient (Wildman–Crippen LogP) is 2.19. The number of carbonyl (C=O) groups is 1. The molecule has 0 atom stereocenters. The third-order valence-corrected chi connectivity index (χ3v) is 3.32. The molecule has 2 heterocycles. The Kier molecular flexibility index (Phi) is 6.00. The third-order valence-electron chi connectivity index (χ3n) is 3.32. The van der Waals surface area contributed by atoms with E-state index < -0.39 is 5.97 Å². The minimum atomic E-state index is -1.02. The number of hydrogen-bond donors (Lipinski definition) is 2. The van der Waals surface area contributed by atoms with E-state index in [9.17, 15) is 4.79 Å². The Morgan fingerprint density at radius 3 is 2.09 bits per heavy atom. The Morgan fingerprint density at radius 1 is 1.05 bits per heavy atom. The van der Waals surface area contributed by atoms with Crippen molar-refractivity contribution in [2.24, 2.45) is 5.84 Å². The van der Waals surface area contributed by atoms with Gasteiger partial charge in [-0.3, -0.25) is 5.84 Å². The van der Waals surface area contributed by atoms with Gasteiger partial charge in [0.05, 0.1) is 5.56 Å². The van der Waals surface area contributed by atoms with Crippen molar-refractivity contribution in [3.05, 3.63) is 48.3 Å². The van der Waals surface area contributed by atoms with E-state index in [0.29, 0.717) is 5.82 Å². The highest BCUT2D eigenvalue weighted by Gasteiger charge is 2.05. The van der Waals surface area contributed by atoms with E-state index >= 15 is 0 Å². The first kappa shape index (κ1) is 16.1. The van der Waals surface area contributed by atoms with Crippen LogP contribution in [0.3, 0.4) is 0 Å². The molecule has 1 aromatic heterocycles. The molecular formula is C16H20N4O2. The van der Waals surface area contributed by atoms with Crippen LogP contribution < -0.4 is 5.84 Å². The number of aromatic carboxylic acids is 1. The van der Waals surface area contributed by atoms with Gasteiger partial charge < -0.3 is 5.11 Å². The maximum absolute atomic E-state index is 10.6. The molecule has 0 aliphatic carbocycles. The molecule has 2 aromatic rings. The molecule has 1 aromatic carbocycles. The second-order valence-electron chi connectivity index (χ2n) is 5.06. The molecule has 1 fully saturated rings. The molecule has 1 aliphatic heterocycles. The maximum atomic E-state index is 10.6. The molecule has 116 valence electrons. The lowest BCUT2D eigenvalue weighted by molar-refractivity contribution is 0.0696. The van der Waals surface area contributed by atoms with E-state index in [4.69, 9.17) is 10.9 Å². The van der Waals surface area contributed by atoms with Gasteiger partial charge in [-0.2, -0.15) is 0 Å². The van der Waals surface area contributed by atoms with Gasteiger partial charge in [-0.1, -0.05) is 36.8 Å². The van der Waals surface area contributed by atoms with Gasteiger partial charge in [0.1, 0.15) is 0 Å². The molecule has 6 nitrogen and oxygen atoms in total. The molecule has 3 N–H and O–H groups in total. The SMILES string of the molecule is NN1CCCCC1.O=C(O)c1cnc(-c2ccccc2)nc1. The lowest BCUT2D eigenvalue weighted by Crippen LogP contribution is -2.35. The number of piperidine rings is 1. The van der Waals surface area contributed by atoms with Gasteiger partial charge in [-0.15, -0.1) is 0 Å². The standard InChI is InChI=1S/C11H8N2O2.C5H12N2/c14-11(15)9-6-12-10(13-7-9)8-4-2-1-3-5-8;6-7-4-2-1-3-5-7/h1-7H,(H,14,15);1-6H2. The number of hydrazine groups is 1. The molecule has 3 rings (SSSR count). The lowest BCUT2D eigenvalue weighted by atomic mass is 10.2. The van der Waals surface area contributed by atoms with E-state index in [-0.39, 0.29) is 5.56 Å². The molecule has 1 saturated heterocycles. The summed E-state index contributed by atoms with van der Waals surface area (Å²) in [6.45, 7) is 2.19. The average Bonchev–Trinajstić information content (AvgIpc) is 2.57. The van der Waals surface area contributed by atoms with Crippen LogP contribution in [0.2, 0.25) is 0 Å². The van der Waals surface area contributed by atoms with Crippen molar-refractivity contribution in [1.29, 1.82) is 0 Å². The topological polar surface area (TPSA) is 92.3 Å². The zero-order chi connectivity index (χ0) is 15.8. The highest BCUT2D eigenvalue weighted by molar-refractivity contribution is 5.86. The molecule has 0 bridgehead atoms. The minimum absolute atomic E-state index is 0.0923.